The van der Waals surface area contributed by atoms with Crippen molar-refractivity contribution in [1.29, 1.82) is 0 Å². The molecule has 0 aromatic heterocycles. The number of likely N-dealkylation sites (N-methyl/N-ethyl adjacent to an activating group) is 1. The molecule has 2 rings (SSSR count). The van der Waals surface area contributed by atoms with Gasteiger partial charge in [0.05, 0.1) is 5.54 Å². The number of carbonyl (C=O) groups excluding carboxylic acids is 1. The number of carbonyl (C=O) groups is 1. The number of benzene rings is 1. The van der Waals surface area contributed by atoms with Crippen molar-refractivity contribution in [3.8, 4) is 0 Å². The number of amides is 2. The van der Waals surface area contributed by atoms with Crippen molar-refractivity contribution in [3.05, 3.63) is 35.6 Å². The van der Waals surface area contributed by atoms with Gasteiger partial charge in [-0.2, -0.15) is 0 Å². The van der Waals surface area contributed by atoms with Crippen molar-refractivity contribution in [2.24, 2.45) is 0 Å². The summed E-state index contributed by atoms with van der Waals surface area (Å²) in [4.78, 5) is 16.2. The number of hydrogen-bond acceptors (Lipinski definition) is 2. The molecule has 110 valence electrons. The van der Waals surface area contributed by atoms with E-state index in [-0.39, 0.29) is 11.8 Å². The first-order valence-electron chi connectivity index (χ1n) is 6.91. The molecule has 2 amide bonds. The SMILES string of the molecule is CN1CCN(C(=O)NC(C)(C)c2ccccc2F)CC1. The van der Waals surface area contributed by atoms with Crippen molar-refractivity contribution >= 4 is 6.03 Å². The highest BCUT2D eigenvalue weighted by Gasteiger charge is 2.28. The second-order valence-corrected chi connectivity index (χ2v) is 5.83. The van der Waals surface area contributed by atoms with Crippen LogP contribution in [0.1, 0.15) is 19.4 Å². The van der Waals surface area contributed by atoms with Crippen molar-refractivity contribution in [3.63, 3.8) is 0 Å². The first-order chi connectivity index (χ1) is 9.40. The third kappa shape index (κ3) is 3.28. The van der Waals surface area contributed by atoms with Gasteiger partial charge in [0, 0.05) is 31.7 Å². The molecular formula is C15H22FN3O. The number of halogens is 1. The van der Waals surface area contributed by atoms with Crippen LogP contribution in [0.5, 0.6) is 0 Å². The van der Waals surface area contributed by atoms with Crippen LogP contribution < -0.4 is 5.32 Å². The molecule has 0 saturated carbocycles. The van der Waals surface area contributed by atoms with Gasteiger partial charge < -0.3 is 15.1 Å². The van der Waals surface area contributed by atoms with Gasteiger partial charge in [0.1, 0.15) is 5.82 Å². The Morgan fingerprint density at radius 1 is 1.20 bits per heavy atom. The monoisotopic (exact) mass is 279 g/mol. The van der Waals surface area contributed by atoms with Crippen LogP contribution in [-0.4, -0.2) is 49.1 Å². The molecule has 0 unspecified atom stereocenters. The summed E-state index contributed by atoms with van der Waals surface area (Å²) in [5.74, 6) is -0.295. The zero-order valence-electron chi connectivity index (χ0n) is 12.3. The molecule has 0 bridgehead atoms. The maximum Gasteiger partial charge on any atom is 0.318 e. The van der Waals surface area contributed by atoms with Gasteiger partial charge >= 0.3 is 6.03 Å². The molecule has 0 radical (unpaired) electrons. The van der Waals surface area contributed by atoms with E-state index in [2.05, 4.69) is 10.2 Å². The molecule has 0 atom stereocenters. The Morgan fingerprint density at radius 2 is 1.80 bits per heavy atom. The first kappa shape index (κ1) is 14.8. The van der Waals surface area contributed by atoms with E-state index in [1.165, 1.54) is 6.07 Å². The summed E-state index contributed by atoms with van der Waals surface area (Å²) >= 11 is 0. The molecule has 0 aliphatic carbocycles. The summed E-state index contributed by atoms with van der Waals surface area (Å²) in [6.07, 6.45) is 0. The Bertz CT molecular complexity index is 482. The topological polar surface area (TPSA) is 35.6 Å². The van der Waals surface area contributed by atoms with Gasteiger partial charge in [-0.25, -0.2) is 9.18 Å². The molecule has 1 fully saturated rings. The van der Waals surface area contributed by atoms with Gasteiger partial charge in [0.25, 0.3) is 0 Å². The number of urea groups is 1. The molecule has 1 heterocycles. The van der Waals surface area contributed by atoms with Gasteiger partial charge in [0.15, 0.2) is 0 Å². The number of piperazine rings is 1. The largest absolute Gasteiger partial charge is 0.329 e. The van der Waals surface area contributed by atoms with Crippen LogP contribution in [0.2, 0.25) is 0 Å². The molecule has 0 spiro atoms. The summed E-state index contributed by atoms with van der Waals surface area (Å²) in [6.45, 7) is 6.78. The molecule has 1 N–H and O–H groups in total. The Labute approximate surface area is 119 Å². The highest BCUT2D eigenvalue weighted by molar-refractivity contribution is 5.75. The molecule has 4 nitrogen and oxygen atoms in total. The third-order valence-electron chi connectivity index (χ3n) is 3.76. The summed E-state index contributed by atoms with van der Waals surface area (Å²) in [5, 5.41) is 2.93. The quantitative estimate of drug-likeness (QED) is 0.899. The second-order valence-electron chi connectivity index (χ2n) is 5.83. The average Bonchev–Trinajstić information content (AvgIpc) is 2.39. The lowest BCUT2D eigenvalue weighted by molar-refractivity contribution is 0.147. The lowest BCUT2D eigenvalue weighted by Gasteiger charge is -2.36. The first-order valence-corrected chi connectivity index (χ1v) is 6.91. The lowest BCUT2D eigenvalue weighted by Crippen LogP contribution is -2.54. The highest BCUT2D eigenvalue weighted by atomic mass is 19.1. The van der Waals surface area contributed by atoms with Crippen LogP contribution >= 0.6 is 0 Å². The Kier molecular flexibility index (Phi) is 4.28. The number of nitrogens with one attached hydrogen (secondary N) is 1. The maximum atomic E-state index is 13.9. The molecule has 5 heteroatoms. The van der Waals surface area contributed by atoms with Gasteiger partial charge in [-0.05, 0) is 27.0 Å². The van der Waals surface area contributed by atoms with Crippen LogP contribution in [0.15, 0.2) is 24.3 Å². The van der Waals surface area contributed by atoms with Crippen LogP contribution in [0.25, 0.3) is 0 Å². The maximum absolute atomic E-state index is 13.9. The molecule has 1 aliphatic rings. The zero-order valence-corrected chi connectivity index (χ0v) is 12.3. The average molecular weight is 279 g/mol. The summed E-state index contributed by atoms with van der Waals surface area (Å²) < 4.78 is 13.9. The fourth-order valence-corrected chi connectivity index (χ4v) is 2.39. The smallest absolute Gasteiger partial charge is 0.318 e. The molecule has 20 heavy (non-hydrogen) atoms. The van der Waals surface area contributed by atoms with E-state index in [9.17, 15) is 9.18 Å². The van der Waals surface area contributed by atoms with Gasteiger partial charge in [-0.1, -0.05) is 18.2 Å². The molecular weight excluding hydrogens is 257 g/mol. The minimum absolute atomic E-state index is 0.133. The van der Waals surface area contributed by atoms with E-state index in [4.69, 9.17) is 0 Å². The fraction of sp³-hybridized carbons (Fsp3) is 0.533. The summed E-state index contributed by atoms with van der Waals surface area (Å²) in [7, 11) is 2.04. The van der Waals surface area contributed by atoms with Gasteiger partial charge in [0.2, 0.25) is 0 Å². The molecule has 1 aromatic carbocycles. The van der Waals surface area contributed by atoms with Crippen molar-refractivity contribution in [2.75, 3.05) is 33.2 Å². The van der Waals surface area contributed by atoms with Gasteiger partial charge in [-0.3, -0.25) is 0 Å². The predicted octanol–water partition coefficient (Wildman–Crippen LogP) is 2.02. The van der Waals surface area contributed by atoms with E-state index in [0.29, 0.717) is 18.7 Å². The number of hydrogen-bond donors (Lipinski definition) is 1. The molecule has 1 aromatic rings. The number of nitrogens with zero attached hydrogens (tertiary/aromatic N) is 2. The van der Waals surface area contributed by atoms with E-state index >= 15 is 0 Å². The van der Waals surface area contributed by atoms with Crippen molar-refractivity contribution < 1.29 is 9.18 Å². The second kappa shape index (κ2) is 5.79. The van der Waals surface area contributed by atoms with E-state index in [0.717, 1.165) is 13.1 Å². The van der Waals surface area contributed by atoms with Gasteiger partial charge in [-0.15, -0.1) is 0 Å². The Hall–Kier alpha value is -1.62. The third-order valence-corrected chi connectivity index (χ3v) is 3.76. The normalized spacial score (nSPS) is 17.1. The lowest BCUT2D eigenvalue weighted by atomic mass is 9.94. The van der Waals surface area contributed by atoms with Crippen molar-refractivity contribution in [2.45, 2.75) is 19.4 Å². The summed E-state index contributed by atoms with van der Waals surface area (Å²) in [5.41, 5.74) is -0.228. The fourth-order valence-electron chi connectivity index (χ4n) is 2.39. The van der Waals surface area contributed by atoms with Crippen LogP contribution in [0.3, 0.4) is 0 Å². The Balaban J connectivity index is 2.05. The van der Waals surface area contributed by atoms with Crippen LogP contribution in [0.4, 0.5) is 9.18 Å². The standard InChI is InChI=1S/C15H22FN3O/c1-15(2,12-6-4-5-7-13(12)16)17-14(20)19-10-8-18(3)9-11-19/h4-7H,8-11H2,1-3H3,(H,17,20). The van der Waals surface area contributed by atoms with Crippen molar-refractivity contribution in [1.82, 2.24) is 15.1 Å². The van der Waals surface area contributed by atoms with Crippen LogP contribution in [0, 0.1) is 5.82 Å². The van der Waals surface area contributed by atoms with E-state index in [1.54, 1.807) is 23.1 Å². The molecule has 1 saturated heterocycles. The summed E-state index contributed by atoms with van der Waals surface area (Å²) in [6, 6.07) is 6.42. The highest BCUT2D eigenvalue weighted by Crippen LogP contribution is 2.23. The van der Waals surface area contributed by atoms with E-state index < -0.39 is 5.54 Å². The zero-order chi connectivity index (χ0) is 14.8. The Morgan fingerprint density at radius 3 is 2.40 bits per heavy atom. The minimum atomic E-state index is -0.730. The van der Waals surface area contributed by atoms with Crippen LogP contribution in [-0.2, 0) is 5.54 Å². The predicted molar refractivity (Wildman–Crippen MR) is 77.0 cm³/mol. The minimum Gasteiger partial charge on any atom is -0.329 e. The molecule has 1 aliphatic heterocycles. The van der Waals surface area contributed by atoms with E-state index in [1.807, 2.05) is 20.9 Å². The number of rotatable bonds is 2.